The van der Waals surface area contributed by atoms with Gasteiger partial charge in [-0.25, -0.2) is 0 Å². The van der Waals surface area contributed by atoms with Gasteiger partial charge in [-0.3, -0.25) is 0 Å². The van der Waals surface area contributed by atoms with E-state index in [1.54, 1.807) is 0 Å². The van der Waals surface area contributed by atoms with E-state index in [2.05, 4.69) is 18.2 Å². The van der Waals surface area contributed by atoms with Gasteiger partial charge in [0.05, 0.1) is 17.3 Å². The van der Waals surface area contributed by atoms with Crippen molar-refractivity contribution in [3.8, 4) is 6.07 Å². The molecule has 0 aliphatic heterocycles. The van der Waals surface area contributed by atoms with Crippen LogP contribution in [-0.4, -0.2) is 0 Å². The van der Waals surface area contributed by atoms with E-state index in [4.69, 9.17) is 5.73 Å². The van der Waals surface area contributed by atoms with Crippen LogP contribution >= 0.6 is 0 Å². The van der Waals surface area contributed by atoms with Crippen molar-refractivity contribution in [2.45, 2.75) is 19.8 Å². The maximum absolute atomic E-state index is 9.17. The molecule has 90 valence electrons. The molecule has 0 radical (unpaired) electrons. The second kappa shape index (κ2) is 5.37. The van der Waals surface area contributed by atoms with E-state index < -0.39 is 0 Å². The summed E-state index contributed by atoms with van der Waals surface area (Å²) in [6, 6.07) is 16.3. The van der Waals surface area contributed by atoms with E-state index in [9.17, 15) is 5.26 Å². The Morgan fingerprint density at radius 3 is 2.61 bits per heavy atom. The van der Waals surface area contributed by atoms with Crippen LogP contribution in [-0.2, 0) is 0 Å². The number of hydrogen-bond acceptors (Lipinski definition) is 2. The summed E-state index contributed by atoms with van der Waals surface area (Å²) in [6.07, 6.45) is 1.65. The summed E-state index contributed by atoms with van der Waals surface area (Å²) in [5.74, 6) is 0. The van der Waals surface area contributed by atoms with Gasteiger partial charge in [0, 0.05) is 5.56 Å². The van der Waals surface area contributed by atoms with Crippen LogP contribution in [0.15, 0.2) is 48.0 Å². The highest BCUT2D eigenvalue weighted by Gasteiger charge is 2.08. The van der Waals surface area contributed by atoms with Gasteiger partial charge in [0.2, 0.25) is 0 Å². The zero-order valence-corrected chi connectivity index (χ0v) is 10.5. The third-order valence-corrected chi connectivity index (χ3v) is 3.04. The number of nitrogens with zero attached hydrogens (tertiary/aromatic N) is 1. The van der Waals surface area contributed by atoms with Crippen molar-refractivity contribution in [2.75, 3.05) is 0 Å². The van der Waals surface area contributed by atoms with Gasteiger partial charge in [0.15, 0.2) is 0 Å². The van der Waals surface area contributed by atoms with Crippen LogP contribution < -0.4 is 5.73 Å². The van der Waals surface area contributed by atoms with Gasteiger partial charge in [0.1, 0.15) is 0 Å². The smallest absolute Gasteiger partial charge is 0.0968 e. The summed E-state index contributed by atoms with van der Waals surface area (Å²) in [4.78, 5) is 0. The van der Waals surface area contributed by atoms with Crippen molar-refractivity contribution in [1.82, 2.24) is 0 Å². The van der Waals surface area contributed by atoms with Gasteiger partial charge in [-0.1, -0.05) is 55.8 Å². The first-order valence-corrected chi connectivity index (χ1v) is 6.14. The molecule has 0 atom stereocenters. The Bertz CT molecular complexity index is 628. The maximum Gasteiger partial charge on any atom is 0.0968 e. The van der Waals surface area contributed by atoms with Gasteiger partial charge in [-0.05, 0) is 17.2 Å². The van der Waals surface area contributed by atoms with Crippen molar-refractivity contribution >= 4 is 16.5 Å². The van der Waals surface area contributed by atoms with Crippen molar-refractivity contribution in [1.29, 1.82) is 5.26 Å². The largest absolute Gasteiger partial charge is 0.397 e. The molecule has 2 aromatic carbocycles. The number of allylic oxidation sites excluding steroid dienone is 1. The Morgan fingerprint density at radius 1 is 1.17 bits per heavy atom. The monoisotopic (exact) mass is 236 g/mol. The molecule has 2 aromatic rings. The lowest BCUT2D eigenvalue weighted by Crippen LogP contribution is -2.01. The fourth-order valence-corrected chi connectivity index (χ4v) is 2.12. The topological polar surface area (TPSA) is 49.8 Å². The van der Waals surface area contributed by atoms with Crippen molar-refractivity contribution < 1.29 is 0 Å². The number of hydrogen-bond donors (Lipinski definition) is 1. The van der Waals surface area contributed by atoms with Crippen molar-refractivity contribution in [3.05, 3.63) is 53.6 Å². The fraction of sp³-hybridized carbons (Fsp3) is 0.188. The lowest BCUT2D eigenvalue weighted by molar-refractivity contribution is 0.929. The molecule has 2 heteroatoms. The molecule has 0 bridgehead atoms. The van der Waals surface area contributed by atoms with Crippen LogP contribution in [0.5, 0.6) is 0 Å². The van der Waals surface area contributed by atoms with Crippen LogP contribution in [0, 0.1) is 11.3 Å². The van der Waals surface area contributed by atoms with E-state index in [0.717, 1.165) is 29.2 Å². The summed E-state index contributed by atoms with van der Waals surface area (Å²) in [5.41, 5.74) is 8.40. The van der Waals surface area contributed by atoms with Gasteiger partial charge < -0.3 is 5.73 Å². The van der Waals surface area contributed by atoms with Gasteiger partial charge in [0.25, 0.3) is 0 Å². The van der Waals surface area contributed by atoms with E-state index in [1.807, 2.05) is 37.3 Å². The molecule has 0 aliphatic rings. The molecular formula is C16H16N2. The Morgan fingerprint density at radius 2 is 1.89 bits per heavy atom. The SMILES string of the molecule is CCC/C(C#N)=C(/N)c1cccc2ccccc12. The quantitative estimate of drug-likeness (QED) is 0.823. The molecule has 0 aliphatic carbocycles. The molecule has 18 heavy (non-hydrogen) atoms. The summed E-state index contributed by atoms with van der Waals surface area (Å²) in [5, 5.41) is 11.4. The molecule has 2 rings (SSSR count). The Kier molecular flexibility index (Phi) is 3.64. The Balaban J connectivity index is 2.65. The molecule has 0 saturated heterocycles. The second-order valence-corrected chi connectivity index (χ2v) is 4.28. The first-order valence-electron chi connectivity index (χ1n) is 6.14. The van der Waals surface area contributed by atoms with Crippen LogP contribution in [0.25, 0.3) is 16.5 Å². The Labute approximate surface area is 107 Å². The number of nitrogens with two attached hydrogens (primary N) is 1. The predicted molar refractivity (Wildman–Crippen MR) is 75.6 cm³/mol. The van der Waals surface area contributed by atoms with Gasteiger partial charge in [-0.2, -0.15) is 5.26 Å². The maximum atomic E-state index is 9.17. The zero-order chi connectivity index (χ0) is 13.0. The fourth-order valence-electron chi connectivity index (χ4n) is 2.12. The summed E-state index contributed by atoms with van der Waals surface area (Å²) >= 11 is 0. The summed E-state index contributed by atoms with van der Waals surface area (Å²) in [6.45, 7) is 2.05. The van der Waals surface area contributed by atoms with Crippen LogP contribution in [0.2, 0.25) is 0 Å². The minimum atomic E-state index is 0.608. The van der Waals surface area contributed by atoms with Crippen LogP contribution in [0.4, 0.5) is 0 Å². The second-order valence-electron chi connectivity index (χ2n) is 4.28. The molecule has 2 N–H and O–H groups in total. The summed E-state index contributed by atoms with van der Waals surface area (Å²) < 4.78 is 0. The number of fused-ring (bicyclic) bond motifs is 1. The molecule has 0 saturated carbocycles. The highest BCUT2D eigenvalue weighted by molar-refractivity contribution is 5.94. The number of rotatable bonds is 3. The zero-order valence-electron chi connectivity index (χ0n) is 10.5. The van der Waals surface area contributed by atoms with Gasteiger partial charge >= 0.3 is 0 Å². The highest BCUT2D eigenvalue weighted by atomic mass is 14.6. The van der Waals surface area contributed by atoms with Crippen molar-refractivity contribution in [2.24, 2.45) is 5.73 Å². The first kappa shape index (κ1) is 12.2. The minimum Gasteiger partial charge on any atom is -0.397 e. The molecule has 0 spiro atoms. The lowest BCUT2D eigenvalue weighted by atomic mass is 9.98. The highest BCUT2D eigenvalue weighted by Crippen LogP contribution is 2.25. The third-order valence-electron chi connectivity index (χ3n) is 3.04. The predicted octanol–water partition coefficient (Wildman–Crippen LogP) is 3.83. The molecule has 0 aromatic heterocycles. The molecule has 0 unspecified atom stereocenters. The van der Waals surface area contributed by atoms with Crippen LogP contribution in [0.1, 0.15) is 25.3 Å². The molecular weight excluding hydrogens is 220 g/mol. The van der Waals surface area contributed by atoms with Gasteiger partial charge in [-0.15, -0.1) is 0 Å². The van der Waals surface area contributed by atoms with E-state index in [1.165, 1.54) is 0 Å². The average molecular weight is 236 g/mol. The van der Waals surface area contributed by atoms with E-state index in [-0.39, 0.29) is 0 Å². The number of nitriles is 1. The standard InChI is InChI=1S/C16H16N2/c1-2-6-13(11-17)16(18)15-10-5-8-12-7-3-4-9-14(12)15/h3-5,7-10H,2,6,18H2,1H3/b16-13-. The van der Waals surface area contributed by atoms with E-state index in [0.29, 0.717) is 11.3 Å². The molecule has 2 nitrogen and oxygen atoms in total. The van der Waals surface area contributed by atoms with Crippen molar-refractivity contribution in [3.63, 3.8) is 0 Å². The van der Waals surface area contributed by atoms with Crippen LogP contribution in [0.3, 0.4) is 0 Å². The number of benzene rings is 2. The Hall–Kier alpha value is -2.27. The molecule has 0 heterocycles. The normalized spacial score (nSPS) is 12.0. The minimum absolute atomic E-state index is 0.608. The summed E-state index contributed by atoms with van der Waals surface area (Å²) in [7, 11) is 0. The molecule has 0 fully saturated rings. The molecule has 0 amide bonds. The first-order chi connectivity index (χ1) is 8.77. The van der Waals surface area contributed by atoms with E-state index >= 15 is 0 Å². The third kappa shape index (κ3) is 2.21. The lowest BCUT2D eigenvalue weighted by Gasteiger charge is -2.09. The average Bonchev–Trinajstić information content (AvgIpc) is 2.43.